The highest BCUT2D eigenvalue weighted by molar-refractivity contribution is 6.33. The van der Waals surface area contributed by atoms with Crippen LogP contribution in [0.5, 0.6) is 0 Å². The number of halogens is 1. The molecule has 6 heteroatoms. The summed E-state index contributed by atoms with van der Waals surface area (Å²) in [7, 11) is 0. The zero-order valence-electron chi connectivity index (χ0n) is 12.9. The molecule has 25 heavy (non-hydrogen) atoms. The third-order valence-electron chi connectivity index (χ3n) is 3.76. The average Bonchev–Trinajstić information content (AvgIpc) is 3.10. The molecule has 4 aromatic rings. The number of benzene rings is 3. The van der Waals surface area contributed by atoms with Gasteiger partial charge in [0.1, 0.15) is 0 Å². The van der Waals surface area contributed by atoms with Crippen LogP contribution in [-0.2, 0) is 0 Å². The molecular formula is C19H12ClN3O2. The van der Waals surface area contributed by atoms with Crippen LogP contribution in [0, 0.1) is 0 Å². The number of nitrogens with zero attached hydrogens (tertiary/aromatic N) is 2. The molecule has 122 valence electrons. The standard InChI is InChI=1S/C19H12ClN3O2/c20-16-8-4-3-7-15(16)18-22-23-19(25-18)21-17(24)14-10-9-12-5-1-2-6-13(12)11-14/h1-11H,(H,21,23,24). The Balaban J connectivity index is 1.57. The van der Waals surface area contributed by atoms with Crippen molar-refractivity contribution in [3.63, 3.8) is 0 Å². The van der Waals surface area contributed by atoms with Gasteiger partial charge in [-0.2, -0.15) is 0 Å². The number of rotatable bonds is 3. The number of carbonyl (C=O) groups excluding carboxylic acids is 1. The molecule has 1 N–H and O–H groups in total. The Labute approximate surface area is 148 Å². The Morgan fingerprint density at radius 3 is 2.52 bits per heavy atom. The maximum atomic E-state index is 12.4. The van der Waals surface area contributed by atoms with E-state index >= 15 is 0 Å². The minimum Gasteiger partial charge on any atom is -0.403 e. The van der Waals surface area contributed by atoms with Crippen molar-refractivity contribution in [1.29, 1.82) is 0 Å². The molecule has 0 fully saturated rings. The molecule has 1 aromatic heterocycles. The SMILES string of the molecule is O=C(Nc1nnc(-c2ccccc2Cl)o1)c1ccc2ccccc2c1. The van der Waals surface area contributed by atoms with Crippen molar-refractivity contribution in [1.82, 2.24) is 10.2 Å². The number of fused-ring (bicyclic) bond motifs is 1. The summed E-state index contributed by atoms with van der Waals surface area (Å²) in [6.07, 6.45) is 0. The lowest BCUT2D eigenvalue weighted by Crippen LogP contribution is -2.12. The molecule has 0 saturated carbocycles. The van der Waals surface area contributed by atoms with E-state index in [-0.39, 0.29) is 17.8 Å². The summed E-state index contributed by atoms with van der Waals surface area (Å²) >= 11 is 6.11. The van der Waals surface area contributed by atoms with Crippen molar-refractivity contribution in [3.8, 4) is 11.5 Å². The Hall–Kier alpha value is -3.18. The molecule has 0 aliphatic heterocycles. The third-order valence-corrected chi connectivity index (χ3v) is 4.09. The first kappa shape index (κ1) is 15.4. The van der Waals surface area contributed by atoms with Gasteiger partial charge in [-0.25, -0.2) is 0 Å². The van der Waals surface area contributed by atoms with Crippen LogP contribution in [0.2, 0.25) is 5.02 Å². The van der Waals surface area contributed by atoms with E-state index in [1.165, 1.54) is 0 Å². The smallest absolute Gasteiger partial charge is 0.322 e. The van der Waals surface area contributed by atoms with Crippen LogP contribution in [0.3, 0.4) is 0 Å². The molecule has 0 aliphatic carbocycles. The largest absolute Gasteiger partial charge is 0.403 e. The van der Waals surface area contributed by atoms with E-state index in [2.05, 4.69) is 15.5 Å². The van der Waals surface area contributed by atoms with Gasteiger partial charge in [-0.3, -0.25) is 10.1 Å². The minimum atomic E-state index is -0.319. The van der Waals surface area contributed by atoms with Gasteiger partial charge in [-0.05, 0) is 35.0 Å². The first-order valence-electron chi connectivity index (χ1n) is 7.59. The van der Waals surface area contributed by atoms with Crippen LogP contribution in [0.25, 0.3) is 22.2 Å². The van der Waals surface area contributed by atoms with Crippen molar-refractivity contribution < 1.29 is 9.21 Å². The van der Waals surface area contributed by atoms with Crippen molar-refractivity contribution in [3.05, 3.63) is 77.3 Å². The van der Waals surface area contributed by atoms with E-state index in [0.29, 0.717) is 16.1 Å². The predicted molar refractivity (Wildman–Crippen MR) is 96.6 cm³/mol. The molecule has 0 spiro atoms. The number of anilines is 1. The number of amides is 1. The number of nitrogens with one attached hydrogen (secondary N) is 1. The monoisotopic (exact) mass is 349 g/mol. The van der Waals surface area contributed by atoms with E-state index in [0.717, 1.165) is 10.8 Å². The van der Waals surface area contributed by atoms with Crippen LogP contribution in [-0.4, -0.2) is 16.1 Å². The van der Waals surface area contributed by atoms with Gasteiger partial charge in [0.2, 0.25) is 0 Å². The molecule has 0 saturated heterocycles. The van der Waals surface area contributed by atoms with E-state index in [4.69, 9.17) is 16.0 Å². The lowest BCUT2D eigenvalue weighted by molar-refractivity contribution is 0.102. The molecule has 4 rings (SSSR count). The summed E-state index contributed by atoms with van der Waals surface area (Å²) in [6, 6.07) is 20.4. The molecule has 0 unspecified atom stereocenters. The van der Waals surface area contributed by atoms with Crippen molar-refractivity contribution in [2.24, 2.45) is 0 Å². The topological polar surface area (TPSA) is 68.0 Å². The Morgan fingerprint density at radius 1 is 0.920 bits per heavy atom. The number of hydrogen-bond donors (Lipinski definition) is 1. The zero-order chi connectivity index (χ0) is 17.2. The van der Waals surface area contributed by atoms with Crippen LogP contribution in [0.15, 0.2) is 71.1 Å². The normalized spacial score (nSPS) is 10.8. The summed E-state index contributed by atoms with van der Waals surface area (Å²) < 4.78 is 5.49. The van der Waals surface area contributed by atoms with Crippen LogP contribution < -0.4 is 5.32 Å². The second-order valence-electron chi connectivity index (χ2n) is 5.41. The van der Waals surface area contributed by atoms with Crippen molar-refractivity contribution in [2.45, 2.75) is 0 Å². The second-order valence-corrected chi connectivity index (χ2v) is 5.82. The average molecular weight is 350 g/mol. The molecular weight excluding hydrogens is 338 g/mol. The molecule has 1 heterocycles. The lowest BCUT2D eigenvalue weighted by atomic mass is 10.1. The molecule has 0 bridgehead atoms. The highest BCUT2D eigenvalue weighted by atomic mass is 35.5. The summed E-state index contributed by atoms with van der Waals surface area (Å²) in [5, 5.41) is 12.9. The maximum Gasteiger partial charge on any atom is 0.322 e. The quantitative estimate of drug-likeness (QED) is 0.577. The number of hydrogen-bond acceptors (Lipinski definition) is 4. The van der Waals surface area contributed by atoms with Gasteiger partial charge in [-0.1, -0.05) is 59.2 Å². The fraction of sp³-hybridized carbons (Fsp3) is 0. The van der Waals surface area contributed by atoms with Crippen molar-refractivity contribution in [2.75, 3.05) is 5.32 Å². The highest BCUT2D eigenvalue weighted by Gasteiger charge is 2.14. The van der Waals surface area contributed by atoms with Crippen LogP contribution >= 0.6 is 11.6 Å². The first-order chi connectivity index (χ1) is 12.2. The third kappa shape index (κ3) is 3.09. The first-order valence-corrected chi connectivity index (χ1v) is 7.97. The van der Waals surface area contributed by atoms with Crippen LogP contribution in [0.4, 0.5) is 6.01 Å². The summed E-state index contributed by atoms with van der Waals surface area (Å²) in [4.78, 5) is 12.4. The Morgan fingerprint density at radius 2 is 1.68 bits per heavy atom. The second kappa shape index (κ2) is 6.37. The maximum absolute atomic E-state index is 12.4. The fourth-order valence-corrected chi connectivity index (χ4v) is 2.73. The zero-order valence-corrected chi connectivity index (χ0v) is 13.7. The van der Waals surface area contributed by atoms with E-state index in [1.54, 1.807) is 18.2 Å². The van der Waals surface area contributed by atoms with Gasteiger partial charge >= 0.3 is 6.01 Å². The number of aromatic nitrogens is 2. The minimum absolute atomic E-state index is 0.0214. The molecule has 0 atom stereocenters. The van der Waals surface area contributed by atoms with Gasteiger partial charge in [-0.15, -0.1) is 5.10 Å². The summed E-state index contributed by atoms with van der Waals surface area (Å²) in [6.45, 7) is 0. The Kier molecular flexibility index (Phi) is 3.91. The fourth-order valence-electron chi connectivity index (χ4n) is 2.52. The van der Waals surface area contributed by atoms with Gasteiger partial charge < -0.3 is 4.42 Å². The van der Waals surface area contributed by atoms with Gasteiger partial charge in [0.25, 0.3) is 11.8 Å². The molecule has 3 aromatic carbocycles. The van der Waals surface area contributed by atoms with E-state index in [1.807, 2.05) is 48.5 Å². The van der Waals surface area contributed by atoms with Gasteiger partial charge in [0.15, 0.2) is 0 Å². The number of carbonyl (C=O) groups is 1. The van der Waals surface area contributed by atoms with Gasteiger partial charge in [0.05, 0.1) is 10.6 Å². The van der Waals surface area contributed by atoms with Gasteiger partial charge in [0, 0.05) is 5.56 Å². The molecule has 1 amide bonds. The summed E-state index contributed by atoms with van der Waals surface area (Å²) in [5.74, 6) is -0.0699. The Bertz CT molecular complexity index is 1070. The predicted octanol–water partition coefficient (Wildman–Crippen LogP) is 4.80. The van der Waals surface area contributed by atoms with Crippen molar-refractivity contribution >= 4 is 34.3 Å². The van der Waals surface area contributed by atoms with Crippen LogP contribution in [0.1, 0.15) is 10.4 Å². The molecule has 0 radical (unpaired) electrons. The molecule has 5 nitrogen and oxygen atoms in total. The van der Waals surface area contributed by atoms with E-state index in [9.17, 15) is 4.79 Å². The lowest BCUT2D eigenvalue weighted by Gasteiger charge is -2.03. The molecule has 0 aliphatic rings. The van der Waals surface area contributed by atoms with E-state index < -0.39 is 0 Å². The summed E-state index contributed by atoms with van der Waals surface area (Å²) in [5.41, 5.74) is 1.12. The highest BCUT2D eigenvalue weighted by Crippen LogP contribution is 2.27.